The van der Waals surface area contributed by atoms with E-state index in [0.717, 1.165) is 25.7 Å². The quantitative estimate of drug-likeness (QED) is 0.602. The molecule has 0 saturated heterocycles. The molecule has 3 N–H and O–H groups in total. The largest absolute Gasteiger partial charge is 0.390 e. The summed E-state index contributed by atoms with van der Waals surface area (Å²) < 4.78 is 0. The van der Waals surface area contributed by atoms with Crippen LogP contribution in [0.15, 0.2) is 0 Å². The summed E-state index contributed by atoms with van der Waals surface area (Å²) in [6, 6.07) is 0.219. The van der Waals surface area contributed by atoms with E-state index in [0.29, 0.717) is 5.92 Å². The molecular weight excluding hydrogens is 138 g/mol. The lowest BCUT2D eigenvalue weighted by Gasteiger charge is -2.38. The summed E-state index contributed by atoms with van der Waals surface area (Å²) in [5, 5.41) is 10.0. The van der Waals surface area contributed by atoms with E-state index in [-0.39, 0.29) is 6.04 Å². The molecule has 2 heteroatoms. The van der Waals surface area contributed by atoms with Gasteiger partial charge >= 0.3 is 0 Å². The highest BCUT2D eigenvalue weighted by molar-refractivity contribution is 4.90. The predicted octanol–water partition coefficient (Wildman–Crippen LogP) is 1.27. The number of rotatable bonds is 1. The standard InChI is InChI=1S/C9H19NO/c1-7(2)9(11)5-3-4-8(10)6-9/h7-8,11H,3-6,10H2,1-2H3/t8-,9-/m1/s1. The van der Waals surface area contributed by atoms with Crippen molar-refractivity contribution < 1.29 is 5.11 Å². The van der Waals surface area contributed by atoms with Gasteiger partial charge in [-0.3, -0.25) is 0 Å². The molecule has 66 valence electrons. The van der Waals surface area contributed by atoms with Crippen LogP contribution in [0.5, 0.6) is 0 Å². The Morgan fingerprint density at radius 1 is 1.55 bits per heavy atom. The van der Waals surface area contributed by atoms with E-state index in [1.165, 1.54) is 0 Å². The van der Waals surface area contributed by atoms with Crippen molar-refractivity contribution in [3.05, 3.63) is 0 Å². The fourth-order valence-electron chi connectivity index (χ4n) is 1.85. The molecule has 0 aromatic rings. The molecule has 2 atom stereocenters. The van der Waals surface area contributed by atoms with Gasteiger partial charge in [-0.2, -0.15) is 0 Å². The molecule has 1 aliphatic carbocycles. The summed E-state index contributed by atoms with van der Waals surface area (Å²) in [7, 11) is 0. The monoisotopic (exact) mass is 157 g/mol. The molecule has 1 fully saturated rings. The van der Waals surface area contributed by atoms with Crippen LogP contribution in [0.2, 0.25) is 0 Å². The van der Waals surface area contributed by atoms with Crippen LogP contribution < -0.4 is 5.73 Å². The van der Waals surface area contributed by atoms with Crippen molar-refractivity contribution in [3.63, 3.8) is 0 Å². The van der Waals surface area contributed by atoms with E-state index in [4.69, 9.17) is 5.73 Å². The van der Waals surface area contributed by atoms with Gasteiger partial charge in [-0.15, -0.1) is 0 Å². The first-order valence-electron chi connectivity index (χ1n) is 4.52. The average Bonchev–Trinajstić information content (AvgIpc) is 1.86. The normalized spacial score (nSPS) is 39.5. The van der Waals surface area contributed by atoms with E-state index >= 15 is 0 Å². The van der Waals surface area contributed by atoms with Gasteiger partial charge in [-0.1, -0.05) is 13.8 Å². The summed E-state index contributed by atoms with van der Waals surface area (Å²) in [6.07, 6.45) is 3.87. The maximum atomic E-state index is 10.0. The van der Waals surface area contributed by atoms with Gasteiger partial charge in [-0.25, -0.2) is 0 Å². The maximum absolute atomic E-state index is 10.0. The molecule has 0 spiro atoms. The second-order valence-corrected chi connectivity index (χ2v) is 4.11. The molecule has 0 aromatic heterocycles. The molecule has 0 aliphatic heterocycles. The van der Waals surface area contributed by atoms with Crippen LogP contribution in [0.1, 0.15) is 39.5 Å². The predicted molar refractivity (Wildman–Crippen MR) is 46.2 cm³/mol. The second-order valence-electron chi connectivity index (χ2n) is 4.11. The molecule has 1 aliphatic rings. The van der Waals surface area contributed by atoms with Gasteiger partial charge in [0.2, 0.25) is 0 Å². The van der Waals surface area contributed by atoms with Gasteiger partial charge in [0.15, 0.2) is 0 Å². The van der Waals surface area contributed by atoms with E-state index in [9.17, 15) is 5.11 Å². The minimum atomic E-state index is -0.475. The Morgan fingerprint density at radius 2 is 2.18 bits per heavy atom. The SMILES string of the molecule is CC(C)[C@@]1(O)CCC[C@@H](N)C1. The highest BCUT2D eigenvalue weighted by Gasteiger charge is 2.35. The van der Waals surface area contributed by atoms with Crippen molar-refractivity contribution in [1.82, 2.24) is 0 Å². The van der Waals surface area contributed by atoms with E-state index in [1.54, 1.807) is 0 Å². The van der Waals surface area contributed by atoms with Gasteiger partial charge in [0.1, 0.15) is 0 Å². The summed E-state index contributed by atoms with van der Waals surface area (Å²) >= 11 is 0. The molecule has 0 radical (unpaired) electrons. The smallest absolute Gasteiger partial charge is 0.0685 e. The fraction of sp³-hybridized carbons (Fsp3) is 1.00. The Bertz CT molecular complexity index is 136. The molecule has 0 bridgehead atoms. The number of hydrogen-bond donors (Lipinski definition) is 2. The summed E-state index contributed by atoms with van der Waals surface area (Å²) in [4.78, 5) is 0. The van der Waals surface area contributed by atoms with Gasteiger partial charge in [0, 0.05) is 6.04 Å². The third-order valence-electron chi connectivity index (χ3n) is 2.87. The fourth-order valence-corrected chi connectivity index (χ4v) is 1.85. The van der Waals surface area contributed by atoms with Crippen molar-refractivity contribution >= 4 is 0 Å². The molecular formula is C9H19NO. The van der Waals surface area contributed by atoms with Crippen LogP contribution in [-0.4, -0.2) is 16.7 Å². The average molecular weight is 157 g/mol. The van der Waals surface area contributed by atoms with Gasteiger partial charge < -0.3 is 10.8 Å². The van der Waals surface area contributed by atoms with Crippen molar-refractivity contribution in [2.45, 2.75) is 51.2 Å². The first-order valence-corrected chi connectivity index (χ1v) is 4.52. The zero-order valence-corrected chi connectivity index (χ0v) is 7.51. The van der Waals surface area contributed by atoms with Crippen molar-refractivity contribution in [3.8, 4) is 0 Å². The van der Waals surface area contributed by atoms with Crippen LogP contribution in [-0.2, 0) is 0 Å². The minimum absolute atomic E-state index is 0.219. The lowest BCUT2D eigenvalue weighted by molar-refractivity contribution is -0.0422. The first kappa shape index (κ1) is 9.01. The van der Waals surface area contributed by atoms with Gasteiger partial charge in [-0.05, 0) is 31.6 Å². The van der Waals surface area contributed by atoms with Gasteiger partial charge in [0.25, 0.3) is 0 Å². The summed E-state index contributed by atoms with van der Waals surface area (Å²) in [5.41, 5.74) is 5.31. The number of nitrogens with two attached hydrogens (primary N) is 1. The minimum Gasteiger partial charge on any atom is -0.390 e. The highest BCUT2D eigenvalue weighted by atomic mass is 16.3. The van der Waals surface area contributed by atoms with E-state index in [2.05, 4.69) is 13.8 Å². The first-order chi connectivity index (χ1) is 5.04. The van der Waals surface area contributed by atoms with Crippen LogP contribution >= 0.6 is 0 Å². The van der Waals surface area contributed by atoms with Gasteiger partial charge in [0.05, 0.1) is 5.60 Å². The zero-order valence-electron chi connectivity index (χ0n) is 7.51. The zero-order chi connectivity index (χ0) is 8.48. The lowest BCUT2D eigenvalue weighted by Crippen LogP contribution is -2.44. The Balaban J connectivity index is 2.55. The van der Waals surface area contributed by atoms with Crippen molar-refractivity contribution in [1.29, 1.82) is 0 Å². The van der Waals surface area contributed by atoms with E-state index < -0.39 is 5.60 Å². The van der Waals surface area contributed by atoms with Crippen LogP contribution in [0, 0.1) is 5.92 Å². The lowest BCUT2D eigenvalue weighted by atomic mass is 9.75. The third-order valence-corrected chi connectivity index (χ3v) is 2.87. The molecule has 0 unspecified atom stereocenters. The molecule has 2 nitrogen and oxygen atoms in total. The van der Waals surface area contributed by atoms with E-state index in [1.807, 2.05) is 0 Å². The van der Waals surface area contributed by atoms with Crippen molar-refractivity contribution in [2.24, 2.45) is 11.7 Å². The third kappa shape index (κ3) is 1.94. The summed E-state index contributed by atoms with van der Waals surface area (Å²) in [6.45, 7) is 4.14. The number of aliphatic hydroxyl groups is 1. The molecule has 0 aromatic carbocycles. The Labute approximate surface area is 68.8 Å². The Kier molecular flexibility index (Phi) is 2.55. The van der Waals surface area contributed by atoms with Crippen LogP contribution in [0.3, 0.4) is 0 Å². The van der Waals surface area contributed by atoms with Crippen LogP contribution in [0.4, 0.5) is 0 Å². The van der Waals surface area contributed by atoms with Crippen LogP contribution in [0.25, 0.3) is 0 Å². The second kappa shape index (κ2) is 3.11. The topological polar surface area (TPSA) is 46.2 Å². The molecule has 11 heavy (non-hydrogen) atoms. The number of hydrogen-bond acceptors (Lipinski definition) is 2. The van der Waals surface area contributed by atoms with Crippen molar-refractivity contribution in [2.75, 3.05) is 0 Å². The Morgan fingerprint density at radius 3 is 2.55 bits per heavy atom. The Hall–Kier alpha value is -0.0800. The molecule has 0 heterocycles. The highest BCUT2D eigenvalue weighted by Crippen LogP contribution is 2.33. The molecule has 1 rings (SSSR count). The summed E-state index contributed by atoms with van der Waals surface area (Å²) in [5.74, 6) is 0.342. The molecule has 1 saturated carbocycles. The maximum Gasteiger partial charge on any atom is 0.0685 e. The molecule has 0 amide bonds.